The molecule has 3 aromatic rings. The first-order valence-corrected chi connectivity index (χ1v) is 12.7. The molecule has 0 aromatic heterocycles. The molecule has 1 aliphatic heterocycles. The Labute approximate surface area is 234 Å². The first kappa shape index (κ1) is 31.0. The van der Waals surface area contributed by atoms with Crippen molar-refractivity contribution in [2.24, 2.45) is 0 Å². The van der Waals surface area contributed by atoms with Crippen LogP contribution in [-0.2, 0) is 18.5 Å². The summed E-state index contributed by atoms with van der Waals surface area (Å²) in [5, 5.41) is 4.60. The van der Waals surface area contributed by atoms with Crippen LogP contribution in [0.4, 0.5) is 55.7 Å². The maximum atomic E-state index is 13.2. The number of anilines is 2. The first-order valence-electron chi connectivity index (χ1n) is 12.7. The summed E-state index contributed by atoms with van der Waals surface area (Å²) in [6.45, 7) is 1.83. The Morgan fingerprint density at radius 1 is 0.690 bits per heavy atom. The molecule has 2 amide bonds. The molecule has 42 heavy (non-hydrogen) atoms. The van der Waals surface area contributed by atoms with Gasteiger partial charge < -0.3 is 15.5 Å². The third-order valence-electron chi connectivity index (χ3n) is 6.80. The van der Waals surface area contributed by atoms with Gasteiger partial charge in [-0.3, -0.25) is 4.90 Å². The molecule has 1 saturated heterocycles. The molecule has 0 spiro atoms. The molecule has 1 unspecified atom stereocenters. The van der Waals surface area contributed by atoms with Crippen LogP contribution >= 0.6 is 0 Å². The Bertz CT molecular complexity index is 1320. The summed E-state index contributed by atoms with van der Waals surface area (Å²) in [5.41, 5.74) is -3.11. The van der Waals surface area contributed by atoms with Gasteiger partial charge in [0, 0.05) is 44.1 Å². The minimum absolute atomic E-state index is 0.0266. The number of halogens is 9. The van der Waals surface area contributed by atoms with Crippen molar-refractivity contribution >= 4 is 17.4 Å². The van der Waals surface area contributed by atoms with Gasteiger partial charge in [0.1, 0.15) is 0 Å². The molecule has 2 N–H and O–H groups in total. The number of nitrogens with zero attached hydrogens (tertiary/aromatic N) is 2. The van der Waals surface area contributed by atoms with Gasteiger partial charge in [-0.2, -0.15) is 39.5 Å². The lowest BCUT2D eigenvalue weighted by Gasteiger charge is -2.40. The highest BCUT2D eigenvalue weighted by Gasteiger charge is 2.37. The largest absolute Gasteiger partial charge is 0.416 e. The molecule has 5 nitrogen and oxygen atoms in total. The van der Waals surface area contributed by atoms with Gasteiger partial charge in [0.2, 0.25) is 0 Å². The Morgan fingerprint density at radius 3 is 1.71 bits per heavy atom. The van der Waals surface area contributed by atoms with E-state index in [9.17, 15) is 44.3 Å². The van der Waals surface area contributed by atoms with Crippen molar-refractivity contribution in [2.45, 2.75) is 24.6 Å². The number of benzene rings is 3. The van der Waals surface area contributed by atoms with Gasteiger partial charge in [-0.25, -0.2) is 4.79 Å². The van der Waals surface area contributed by atoms with Crippen molar-refractivity contribution in [3.8, 4) is 0 Å². The number of nitrogens with one attached hydrogen (secondary N) is 2. The lowest BCUT2D eigenvalue weighted by atomic mass is 10.0. The van der Waals surface area contributed by atoms with Gasteiger partial charge in [-0.05, 0) is 48.0 Å². The van der Waals surface area contributed by atoms with E-state index in [0.717, 1.165) is 17.7 Å². The van der Waals surface area contributed by atoms with E-state index in [0.29, 0.717) is 44.0 Å². The lowest BCUT2D eigenvalue weighted by molar-refractivity contribution is -0.143. The maximum absolute atomic E-state index is 13.2. The van der Waals surface area contributed by atoms with E-state index in [1.54, 1.807) is 18.2 Å². The highest BCUT2D eigenvalue weighted by molar-refractivity contribution is 5.89. The monoisotopic (exact) mass is 604 g/mol. The summed E-state index contributed by atoms with van der Waals surface area (Å²) in [5.74, 6) is 0. The second-order valence-electron chi connectivity index (χ2n) is 9.62. The van der Waals surface area contributed by atoms with Crippen LogP contribution < -0.4 is 15.5 Å². The molecule has 1 aliphatic rings. The second-order valence-corrected chi connectivity index (χ2v) is 9.62. The van der Waals surface area contributed by atoms with Crippen molar-refractivity contribution in [3.63, 3.8) is 0 Å². The summed E-state index contributed by atoms with van der Waals surface area (Å²) in [7, 11) is 0. The molecule has 0 aliphatic carbocycles. The first-order chi connectivity index (χ1) is 19.6. The van der Waals surface area contributed by atoms with Gasteiger partial charge in [0.05, 0.1) is 22.7 Å². The van der Waals surface area contributed by atoms with E-state index in [1.165, 1.54) is 12.1 Å². The standard InChI is InChI=1S/C28H25F9N4O/c29-26(30,31)19-6-8-23(9-7-19)40-10-12-41(13-11-40)24(18-4-2-1-3-5-18)17-38-25(42)39-22-15-20(27(32,33)34)14-21(16-22)28(35,36)37/h1-9,14-16,24H,10-13,17H2,(H2,38,39,42). The van der Waals surface area contributed by atoms with Crippen molar-refractivity contribution < 1.29 is 44.3 Å². The minimum Gasteiger partial charge on any atom is -0.369 e. The SMILES string of the molecule is O=C(NCC(c1ccccc1)N1CCN(c2ccc(C(F)(F)F)cc2)CC1)Nc1cc(C(F)(F)F)cc(C(F)(F)F)c1. The number of urea groups is 1. The summed E-state index contributed by atoms with van der Waals surface area (Å²) in [4.78, 5) is 16.5. The highest BCUT2D eigenvalue weighted by atomic mass is 19.4. The van der Waals surface area contributed by atoms with E-state index >= 15 is 0 Å². The summed E-state index contributed by atoms with van der Waals surface area (Å²) >= 11 is 0. The van der Waals surface area contributed by atoms with E-state index in [1.807, 2.05) is 21.9 Å². The minimum atomic E-state index is -5.06. The van der Waals surface area contributed by atoms with E-state index < -0.39 is 53.0 Å². The maximum Gasteiger partial charge on any atom is 0.416 e. The molecule has 1 fully saturated rings. The number of carbonyl (C=O) groups excluding carboxylic acids is 1. The van der Waals surface area contributed by atoms with Crippen LogP contribution in [0.15, 0.2) is 72.8 Å². The predicted molar refractivity (Wildman–Crippen MR) is 138 cm³/mol. The van der Waals surface area contributed by atoms with Gasteiger partial charge in [0.15, 0.2) is 0 Å². The van der Waals surface area contributed by atoms with E-state index in [-0.39, 0.29) is 12.6 Å². The fourth-order valence-corrected chi connectivity index (χ4v) is 4.68. The van der Waals surface area contributed by atoms with Crippen molar-refractivity contribution in [1.82, 2.24) is 10.2 Å². The molecule has 0 saturated carbocycles. The Balaban J connectivity index is 1.43. The zero-order valence-corrected chi connectivity index (χ0v) is 21.7. The Morgan fingerprint density at radius 2 is 1.21 bits per heavy atom. The number of rotatable bonds is 6. The summed E-state index contributed by atoms with van der Waals surface area (Å²) in [6, 6.07) is 13.2. The van der Waals surface area contributed by atoms with Crippen molar-refractivity contribution in [2.75, 3.05) is 42.9 Å². The van der Waals surface area contributed by atoms with Crippen LogP contribution in [0.3, 0.4) is 0 Å². The molecular weight excluding hydrogens is 579 g/mol. The topological polar surface area (TPSA) is 47.6 Å². The fraction of sp³-hybridized carbons (Fsp3) is 0.321. The summed E-state index contributed by atoms with van der Waals surface area (Å²) < 4.78 is 118. The van der Waals surface area contributed by atoms with E-state index in [2.05, 4.69) is 10.6 Å². The van der Waals surface area contributed by atoms with Crippen LogP contribution in [-0.4, -0.2) is 43.7 Å². The fourth-order valence-electron chi connectivity index (χ4n) is 4.68. The Hall–Kier alpha value is -3.94. The molecule has 14 heteroatoms. The smallest absolute Gasteiger partial charge is 0.369 e. The third kappa shape index (κ3) is 7.87. The average molecular weight is 605 g/mol. The van der Waals surface area contributed by atoms with Gasteiger partial charge in [-0.1, -0.05) is 30.3 Å². The number of piperazine rings is 1. The molecular formula is C28H25F9N4O. The number of hydrogen-bond acceptors (Lipinski definition) is 3. The van der Waals surface area contributed by atoms with Crippen LogP contribution in [0.2, 0.25) is 0 Å². The molecule has 0 bridgehead atoms. The van der Waals surface area contributed by atoms with Crippen LogP contribution in [0, 0.1) is 0 Å². The number of alkyl halides is 9. The number of carbonyl (C=O) groups is 1. The third-order valence-corrected chi connectivity index (χ3v) is 6.80. The van der Waals surface area contributed by atoms with Crippen LogP contribution in [0.5, 0.6) is 0 Å². The molecule has 4 rings (SSSR count). The molecule has 226 valence electrons. The normalized spacial score (nSPS) is 15.8. The van der Waals surface area contributed by atoms with E-state index in [4.69, 9.17) is 0 Å². The average Bonchev–Trinajstić information content (AvgIpc) is 2.92. The van der Waals surface area contributed by atoms with Crippen molar-refractivity contribution in [1.29, 1.82) is 0 Å². The zero-order valence-electron chi connectivity index (χ0n) is 21.7. The second kappa shape index (κ2) is 12.1. The van der Waals surface area contributed by atoms with Gasteiger partial charge >= 0.3 is 24.6 Å². The molecule has 1 atom stereocenters. The molecule has 0 radical (unpaired) electrons. The number of hydrogen-bond donors (Lipinski definition) is 2. The predicted octanol–water partition coefficient (Wildman–Crippen LogP) is 7.43. The lowest BCUT2D eigenvalue weighted by Crippen LogP contribution is -2.50. The number of amides is 2. The van der Waals surface area contributed by atoms with Gasteiger partial charge in [-0.15, -0.1) is 0 Å². The van der Waals surface area contributed by atoms with Crippen LogP contribution in [0.1, 0.15) is 28.3 Å². The van der Waals surface area contributed by atoms with Crippen molar-refractivity contribution in [3.05, 3.63) is 95.1 Å². The quantitative estimate of drug-likeness (QED) is 0.288. The van der Waals surface area contributed by atoms with Gasteiger partial charge in [0.25, 0.3) is 0 Å². The zero-order chi connectivity index (χ0) is 30.7. The van der Waals surface area contributed by atoms with Crippen LogP contribution in [0.25, 0.3) is 0 Å². The molecule has 1 heterocycles. The summed E-state index contributed by atoms with van der Waals surface area (Å²) in [6.07, 6.45) is -14.6. The Kier molecular flexibility index (Phi) is 8.95. The molecule has 3 aromatic carbocycles. The highest BCUT2D eigenvalue weighted by Crippen LogP contribution is 2.37.